The number of ether oxygens (including phenoxy) is 1. The number of anilines is 1. The summed E-state index contributed by atoms with van der Waals surface area (Å²) >= 11 is 5.72. The van der Waals surface area contributed by atoms with Crippen LogP contribution in [0.5, 0.6) is 0 Å². The predicted molar refractivity (Wildman–Crippen MR) is 73.4 cm³/mol. The second-order valence-electron chi connectivity index (χ2n) is 4.05. The highest BCUT2D eigenvalue weighted by molar-refractivity contribution is 6.17. The van der Waals surface area contributed by atoms with Crippen LogP contribution in [-0.2, 0) is 11.3 Å². The lowest BCUT2D eigenvalue weighted by Crippen LogP contribution is -2.32. The standard InChI is InChI=1S/C12H20ClN3O2/c1-3-7-16-8-6-14-11(12(16)17)15-10(4-5-13)9-18-2/h6,8,10H,3-5,7,9H2,1-2H3,(H,14,15). The second kappa shape index (κ2) is 8.11. The van der Waals surface area contributed by atoms with Crippen molar-refractivity contribution in [3.05, 3.63) is 22.7 Å². The highest BCUT2D eigenvalue weighted by atomic mass is 35.5. The summed E-state index contributed by atoms with van der Waals surface area (Å²) in [7, 11) is 1.62. The predicted octanol–water partition coefficient (Wildman–Crippen LogP) is 1.71. The van der Waals surface area contributed by atoms with Gasteiger partial charge in [-0.15, -0.1) is 11.6 Å². The molecular weight excluding hydrogens is 254 g/mol. The van der Waals surface area contributed by atoms with Gasteiger partial charge in [-0.2, -0.15) is 0 Å². The molecule has 0 amide bonds. The quantitative estimate of drug-likeness (QED) is 0.733. The zero-order chi connectivity index (χ0) is 13.4. The smallest absolute Gasteiger partial charge is 0.293 e. The number of rotatable bonds is 8. The van der Waals surface area contributed by atoms with Crippen LogP contribution in [0, 0.1) is 0 Å². The first-order chi connectivity index (χ1) is 8.72. The molecule has 1 unspecified atom stereocenters. The van der Waals surface area contributed by atoms with Crippen LogP contribution in [0.3, 0.4) is 0 Å². The van der Waals surface area contributed by atoms with E-state index in [1.165, 1.54) is 0 Å². The summed E-state index contributed by atoms with van der Waals surface area (Å²) in [6, 6.07) is 0.00479. The van der Waals surface area contributed by atoms with Crippen molar-refractivity contribution in [1.29, 1.82) is 0 Å². The highest BCUT2D eigenvalue weighted by Gasteiger charge is 2.11. The average Bonchev–Trinajstić information content (AvgIpc) is 2.35. The number of nitrogens with zero attached hydrogens (tertiary/aromatic N) is 2. The van der Waals surface area contributed by atoms with Gasteiger partial charge in [0, 0.05) is 31.9 Å². The molecule has 1 aromatic heterocycles. The molecule has 1 N–H and O–H groups in total. The molecule has 0 spiro atoms. The lowest BCUT2D eigenvalue weighted by atomic mass is 10.2. The fraction of sp³-hybridized carbons (Fsp3) is 0.667. The Balaban J connectivity index is 2.82. The number of methoxy groups -OCH3 is 1. The summed E-state index contributed by atoms with van der Waals surface area (Å²) in [6.45, 7) is 3.22. The molecule has 5 nitrogen and oxygen atoms in total. The molecule has 0 saturated carbocycles. The zero-order valence-electron chi connectivity index (χ0n) is 10.9. The SMILES string of the molecule is CCCn1ccnc(NC(CCCl)COC)c1=O. The van der Waals surface area contributed by atoms with Crippen LogP contribution >= 0.6 is 11.6 Å². The van der Waals surface area contributed by atoms with Gasteiger partial charge >= 0.3 is 0 Å². The molecule has 0 fully saturated rings. The van der Waals surface area contributed by atoms with Gasteiger partial charge < -0.3 is 14.6 Å². The number of halogens is 1. The van der Waals surface area contributed by atoms with Crippen LogP contribution in [0.4, 0.5) is 5.82 Å². The van der Waals surface area contributed by atoms with Crippen molar-refractivity contribution in [3.8, 4) is 0 Å². The number of hydrogen-bond acceptors (Lipinski definition) is 4. The minimum Gasteiger partial charge on any atom is -0.383 e. The van der Waals surface area contributed by atoms with Crippen molar-refractivity contribution in [1.82, 2.24) is 9.55 Å². The number of alkyl halides is 1. The van der Waals surface area contributed by atoms with Crippen LogP contribution in [0.15, 0.2) is 17.2 Å². The van der Waals surface area contributed by atoms with Gasteiger partial charge in [0.2, 0.25) is 0 Å². The van der Waals surface area contributed by atoms with Gasteiger partial charge in [0.25, 0.3) is 5.56 Å². The Morgan fingerprint density at radius 3 is 3.00 bits per heavy atom. The lowest BCUT2D eigenvalue weighted by molar-refractivity contribution is 0.184. The molecule has 0 aromatic carbocycles. The van der Waals surface area contributed by atoms with Crippen molar-refractivity contribution in [3.63, 3.8) is 0 Å². The third-order valence-electron chi connectivity index (χ3n) is 2.54. The molecule has 0 saturated heterocycles. The fourth-order valence-corrected chi connectivity index (χ4v) is 1.95. The normalized spacial score (nSPS) is 12.4. The third-order valence-corrected chi connectivity index (χ3v) is 2.76. The molecule has 18 heavy (non-hydrogen) atoms. The summed E-state index contributed by atoms with van der Waals surface area (Å²) in [5.74, 6) is 0.870. The molecule has 0 aliphatic rings. The molecule has 102 valence electrons. The van der Waals surface area contributed by atoms with Crippen LogP contribution in [0.1, 0.15) is 19.8 Å². The van der Waals surface area contributed by atoms with Gasteiger partial charge in [-0.25, -0.2) is 4.98 Å². The Morgan fingerprint density at radius 1 is 1.61 bits per heavy atom. The molecule has 0 radical (unpaired) electrons. The minimum atomic E-state index is -0.102. The van der Waals surface area contributed by atoms with Gasteiger partial charge in [-0.1, -0.05) is 6.92 Å². The van der Waals surface area contributed by atoms with Gasteiger partial charge in [0.05, 0.1) is 12.6 Å². The summed E-state index contributed by atoms with van der Waals surface area (Å²) in [4.78, 5) is 16.1. The van der Waals surface area contributed by atoms with Crippen molar-refractivity contribution in [2.24, 2.45) is 0 Å². The van der Waals surface area contributed by atoms with Crippen molar-refractivity contribution in [2.75, 3.05) is 24.9 Å². The Hall–Kier alpha value is -1.07. The maximum atomic E-state index is 12.1. The second-order valence-corrected chi connectivity index (χ2v) is 4.43. The molecule has 1 atom stereocenters. The van der Waals surface area contributed by atoms with E-state index in [0.29, 0.717) is 24.8 Å². The minimum absolute atomic E-state index is 0.00479. The van der Waals surface area contributed by atoms with E-state index in [9.17, 15) is 4.79 Å². The van der Waals surface area contributed by atoms with E-state index in [1.54, 1.807) is 24.1 Å². The largest absolute Gasteiger partial charge is 0.383 e. The monoisotopic (exact) mass is 273 g/mol. The number of nitrogens with one attached hydrogen (secondary N) is 1. The van der Waals surface area contributed by atoms with Crippen molar-refractivity contribution < 1.29 is 4.74 Å². The number of aryl methyl sites for hydroxylation is 1. The number of hydrogen-bond donors (Lipinski definition) is 1. The summed E-state index contributed by atoms with van der Waals surface area (Å²) in [5.41, 5.74) is -0.102. The Bertz CT molecular complexity index is 403. The van der Waals surface area contributed by atoms with E-state index in [0.717, 1.165) is 12.8 Å². The van der Waals surface area contributed by atoms with Crippen molar-refractivity contribution >= 4 is 17.4 Å². The molecule has 0 aliphatic carbocycles. The van der Waals surface area contributed by atoms with Gasteiger partial charge in [-0.3, -0.25) is 4.79 Å². The topological polar surface area (TPSA) is 56.1 Å². The first-order valence-electron chi connectivity index (χ1n) is 6.09. The molecule has 1 rings (SSSR count). The molecule has 0 aliphatic heterocycles. The lowest BCUT2D eigenvalue weighted by Gasteiger charge is -2.17. The van der Waals surface area contributed by atoms with Crippen LogP contribution < -0.4 is 10.9 Å². The van der Waals surface area contributed by atoms with Gasteiger partial charge in [-0.05, 0) is 12.8 Å². The highest BCUT2D eigenvalue weighted by Crippen LogP contribution is 2.03. The molecule has 0 bridgehead atoms. The zero-order valence-corrected chi connectivity index (χ0v) is 11.6. The molecule has 1 aromatic rings. The van der Waals surface area contributed by atoms with E-state index in [4.69, 9.17) is 16.3 Å². The van der Waals surface area contributed by atoms with E-state index in [-0.39, 0.29) is 11.6 Å². The van der Waals surface area contributed by atoms with Crippen LogP contribution in [-0.4, -0.2) is 35.2 Å². The van der Waals surface area contributed by atoms with Gasteiger partial charge in [0.15, 0.2) is 5.82 Å². The third kappa shape index (κ3) is 4.31. The number of aromatic nitrogens is 2. The average molecular weight is 274 g/mol. The van der Waals surface area contributed by atoms with Crippen molar-refractivity contribution in [2.45, 2.75) is 32.4 Å². The Kier molecular flexibility index (Phi) is 6.75. The van der Waals surface area contributed by atoms with Crippen LogP contribution in [0.2, 0.25) is 0 Å². The molecule has 1 heterocycles. The van der Waals surface area contributed by atoms with E-state index >= 15 is 0 Å². The summed E-state index contributed by atoms with van der Waals surface area (Å²) in [6.07, 6.45) is 4.96. The van der Waals surface area contributed by atoms with E-state index < -0.39 is 0 Å². The maximum Gasteiger partial charge on any atom is 0.293 e. The van der Waals surface area contributed by atoms with E-state index in [2.05, 4.69) is 10.3 Å². The summed E-state index contributed by atoms with van der Waals surface area (Å²) in [5, 5.41) is 3.09. The molecular formula is C12H20ClN3O2. The van der Waals surface area contributed by atoms with Crippen LogP contribution in [0.25, 0.3) is 0 Å². The first kappa shape index (κ1) is 15.0. The fourth-order valence-electron chi connectivity index (χ4n) is 1.69. The Morgan fingerprint density at radius 2 is 2.39 bits per heavy atom. The maximum absolute atomic E-state index is 12.1. The summed E-state index contributed by atoms with van der Waals surface area (Å²) < 4.78 is 6.74. The van der Waals surface area contributed by atoms with Gasteiger partial charge in [0.1, 0.15) is 0 Å². The Labute approximate surface area is 112 Å². The first-order valence-corrected chi connectivity index (χ1v) is 6.63. The van der Waals surface area contributed by atoms with E-state index in [1.807, 2.05) is 6.92 Å². The molecule has 6 heteroatoms.